The monoisotopic (exact) mass is 385 g/mol. The first-order valence-corrected chi connectivity index (χ1v) is 9.45. The van der Waals surface area contributed by atoms with Crippen LogP contribution >= 0.6 is 0 Å². The van der Waals surface area contributed by atoms with E-state index in [1.54, 1.807) is 0 Å². The van der Waals surface area contributed by atoms with Gasteiger partial charge in [-0.05, 0) is 56.9 Å². The number of alkyl halides is 3. The second-order valence-electron chi connectivity index (χ2n) is 7.34. The van der Waals surface area contributed by atoms with Crippen molar-refractivity contribution in [2.75, 3.05) is 11.9 Å². The summed E-state index contributed by atoms with van der Waals surface area (Å²) < 4.78 is 40.7. The molecule has 4 rings (SSSR count). The number of fused-ring (bicyclic) bond motifs is 1. The molecule has 0 fully saturated rings. The number of nitrogens with zero attached hydrogens (tertiary/aromatic N) is 2. The maximum Gasteiger partial charge on any atom is 0.416 e. The van der Waals surface area contributed by atoms with Crippen LogP contribution in [0.5, 0.6) is 0 Å². The fourth-order valence-electron chi connectivity index (χ4n) is 3.77. The van der Waals surface area contributed by atoms with Gasteiger partial charge in [-0.15, -0.1) is 0 Å². The third-order valence-corrected chi connectivity index (χ3v) is 5.20. The lowest BCUT2D eigenvalue weighted by molar-refractivity contribution is -0.137. The van der Waals surface area contributed by atoms with Crippen LogP contribution in [0.4, 0.5) is 19.0 Å². The van der Waals surface area contributed by atoms with Crippen LogP contribution in [-0.4, -0.2) is 16.3 Å². The predicted molar refractivity (Wildman–Crippen MR) is 105 cm³/mol. The maximum atomic E-state index is 12.9. The highest BCUT2D eigenvalue weighted by Gasteiger charge is 2.30. The van der Waals surface area contributed by atoms with Gasteiger partial charge in [-0.25, -0.2) is 4.68 Å². The zero-order valence-corrected chi connectivity index (χ0v) is 15.9. The molecule has 146 valence electrons. The van der Waals surface area contributed by atoms with Crippen LogP contribution < -0.4 is 5.32 Å². The van der Waals surface area contributed by atoms with E-state index in [0.29, 0.717) is 5.56 Å². The number of halogens is 3. The summed E-state index contributed by atoms with van der Waals surface area (Å²) in [6.45, 7) is 4.95. The molecule has 2 heterocycles. The summed E-state index contributed by atoms with van der Waals surface area (Å²) in [6, 6.07) is 11.5. The van der Waals surface area contributed by atoms with Crippen molar-refractivity contribution in [2.24, 2.45) is 0 Å². The Kier molecular flexibility index (Phi) is 4.65. The molecule has 0 amide bonds. The van der Waals surface area contributed by atoms with E-state index in [1.807, 2.05) is 30.7 Å². The fraction of sp³-hybridized carbons (Fsp3) is 0.318. The van der Waals surface area contributed by atoms with Crippen LogP contribution in [0, 0.1) is 13.8 Å². The molecule has 0 spiro atoms. The number of benzene rings is 2. The number of anilines is 1. The Hall–Kier alpha value is -2.76. The quantitative estimate of drug-likeness (QED) is 0.593. The first-order chi connectivity index (χ1) is 13.3. The Labute approximate surface area is 162 Å². The predicted octanol–water partition coefficient (Wildman–Crippen LogP) is 5.92. The molecule has 6 heteroatoms. The largest absolute Gasteiger partial charge is 0.416 e. The first kappa shape index (κ1) is 18.6. The van der Waals surface area contributed by atoms with Gasteiger partial charge in [0.2, 0.25) is 0 Å². The van der Waals surface area contributed by atoms with Crippen molar-refractivity contribution in [3.05, 3.63) is 64.7 Å². The molecule has 3 nitrogen and oxygen atoms in total. The van der Waals surface area contributed by atoms with E-state index in [2.05, 4.69) is 11.4 Å². The van der Waals surface area contributed by atoms with Gasteiger partial charge in [-0.2, -0.15) is 18.3 Å². The first-order valence-electron chi connectivity index (χ1n) is 9.45. The molecule has 28 heavy (non-hydrogen) atoms. The summed E-state index contributed by atoms with van der Waals surface area (Å²) in [5.74, 6) is 0.944. The van der Waals surface area contributed by atoms with E-state index in [9.17, 15) is 13.2 Å². The smallest absolute Gasteiger partial charge is 0.370 e. The van der Waals surface area contributed by atoms with E-state index in [1.165, 1.54) is 17.7 Å². The second-order valence-corrected chi connectivity index (χ2v) is 7.34. The highest BCUT2D eigenvalue weighted by molar-refractivity contribution is 5.72. The molecular weight excluding hydrogens is 363 g/mol. The Balaban J connectivity index is 1.85. The molecule has 1 aromatic heterocycles. The number of rotatable bonds is 2. The fourth-order valence-corrected chi connectivity index (χ4v) is 3.77. The Morgan fingerprint density at radius 2 is 1.75 bits per heavy atom. The Morgan fingerprint density at radius 3 is 2.43 bits per heavy atom. The molecule has 2 aromatic carbocycles. The van der Waals surface area contributed by atoms with Crippen LogP contribution in [-0.2, 0) is 12.6 Å². The summed E-state index contributed by atoms with van der Waals surface area (Å²) in [5, 5.41) is 8.31. The molecule has 1 aliphatic heterocycles. The maximum absolute atomic E-state index is 12.9. The molecule has 0 saturated carbocycles. The van der Waals surface area contributed by atoms with Crippen molar-refractivity contribution < 1.29 is 13.2 Å². The lowest BCUT2D eigenvalue weighted by atomic mass is 10.0. The molecular formula is C22H22F3N3. The van der Waals surface area contributed by atoms with Crippen LogP contribution in [0.3, 0.4) is 0 Å². The van der Waals surface area contributed by atoms with Gasteiger partial charge in [-0.3, -0.25) is 0 Å². The Morgan fingerprint density at radius 1 is 1.00 bits per heavy atom. The van der Waals surface area contributed by atoms with Gasteiger partial charge in [-0.1, -0.05) is 29.8 Å². The van der Waals surface area contributed by atoms with Gasteiger partial charge in [0, 0.05) is 17.7 Å². The summed E-state index contributed by atoms with van der Waals surface area (Å²) in [6.07, 6.45) is -1.42. The van der Waals surface area contributed by atoms with Gasteiger partial charge < -0.3 is 5.32 Å². The summed E-state index contributed by atoms with van der Waals surface area (Å²) in [5.41, 5.74) is 5.14. The van der Waals surface area contributed by atoms with Crippen LogP contribution in [0.25, 0.3) is 16.9 Å². The van der Waals surface area contributed by atoms with Gasteiger partial charge in [0.05, 0.1) is 16.9 Å². The van der Waals surface area contributed by atoms with E-state index in [4.69, 9.17) is 5.10 Å². The molecule has 1 aliphatic rings. The minimum atomic E-state index is -4.34. The molecule has 0 unspecified atom stereocenters. The Bertz CT molecular complexity index is 1000. The van der Waals surface area contributed by atoms with Gasteiger partial charge in [0.15, 0.2) is 0 Å². The van der Waals surface area contributed by atoms with Crippen molar-refractivity contribution >= 4 is 5.82 Å². The minimum absolute atomic E-state index is 0.644. The summed E-state index contributed by atoms with van der Waals surface area (Å²) in [7, 11) is 0. The van der Waals surface area contributed by atoms with E-state index < -0.39 is 11.7 Å². The molecule has 3 aromatic rings. The highest BCUT2D eigenvalue weighted by Crippen LogP contribution is 2.36. The summed E-state index contributed by atoms with van der Waals surface area (Å²) in [4.78, 5) is 0. The average molecular weight is 385 g/mol. The molecule has 1 N–H and O–H groups in total. The van der Waals surface area contributed by atoms with Crippen molar-refractivity contribution in [3.8, 4) is 16.9 Å². The van der Waals surface area contributed by atoms with Crippen LogP contribution in [0.1, 0.15) is 35.1 Å². The van der Waals surface area contributed by atoms with Crippen LogP contribution in [0.15, 0.2) is 42.5 Å². The number of nitrogens with one attached hydrogen (secondary N) is 1. The van der Waals surface area contributed by atoms with Gasteiger partial charge >= 0.3 is 6.18 Å². The minimum Gasteiger partial charge on any atom is -0.370 e. The van der Waals surface area contributed by atoms with E-state index >= 15 is 0 Å². The highest BCUT2D eigenvalue weighted by atomic mass is 19.4. The lowest BCUT2D eigenvalue weighted by Gasteiger charge is -2.12. The average Bonchev–Trinajstić information content (AvgIpc) is 2.83. The topological polar surface area (TPSA) is 29.9 Å². The van der Waals surface area contributed by atoms with E-state index in [0.717, 1.165) is 66.3 Å². The zero-order valence-electron chi connectivity index (χ0n) is 15.9. The van der Waals surface area contributed by atoms with Crippen molar-refractivity contribution in [1.29, 1.82) is 0 Å². The van der Waals surface area contributed by atoms with Gasteiger partial charge in [0.1, 0.15) is 5.82 Å². The third kappa shape index (κ3) is 3.39. The second kappa shape index (κ2) is 7.00. The van der Waals surface area contributed by atoms with E-state index in [-0.39, 0.29) is 0 Å². The number of aryl methyl sites for hydroxylation is 2. The zero-order chi connectivity index (χ0) is 19.9. The van der Waals surface area contributed by atoms with Crippen molar-refractivity contribution in [3.63, 3.8) is 0 Å². The standard InChI is InChI=1S/C22H22F3N3/c1-14-6-11-19(15(2)13-14)28-21-18(5-3-4-12-26-21)20(27-28)16-7-9-17(10-8-16)22(23,24)25/h6-11,13,26H,3-5,12H2,1-2H3. The number of aromatic nitrogens is 2. The molecule has 0 saturated heterocycles. The molecule has 0 aliphatic carbocycles. The number of hydrogen-bond donors (Lipinski definition) is 1. The molecule has 0 atom stereocenters. The third-order valence-electron chi connectivity index (χ3n) is 5.20. The summed E-state index contributed by atoms with van der Waals surface area (Å²) >= 11 is 0. The van der Waals surface area contributed by atoms with Crippen molar-refractivity contribution in [1.82, 2.24) is 9.78 Å². The lowest BCUT2D eigenvalue weighted by Crippen LogP contribution is -2.08. The van der Waals surface area contributed by atoms with Crippen molar-refractivity contribution in [2.45, 2.75) is 39.3 Å². The molecule has 0 bridgehead atoms. The van der Waals surface area contributed by atoms with Gasteiger partial charge in [0.25, 0.3) is 0 Å². The van der Waals surface area contributed by atoms with Crippen LogP contribution in [0.2, 0.25) is 0 Å². The number of hydrogen-bond acceptors (Lipinski definition) is 2. The normalized spacial score (nSPS) is 14.3. The molecule has 0 radical (unpaired) electrons. The SMILES string of the molecule is Cc1ccc(-n2nc(-c3ccc(C(F)(F)F)cc3)c3c2NCCCC3)c(C)c1.